The summed E-state index contributed by atoms with van der Waals surface area (Å²) < 4.78 is 10.6. The molecule has 1 fully saturated rings. The first kappa shape index (κ1) is 14.5. The average Bonchev–Trinajstić information content (AvgIpc) is 2.46. The minimum atomic E-state index is 0.602. The quantitative estimate of drug-likeness (QED) is 0.898. The van der Waals surface area contributed by atoms with Gasteiger partial charge >= 0.3 is 0 Å². The van der Waals surface area contributed by atoms with Crippen LogP contribution in [0.5, 0.6) is 11.5 Å². The van der Waals surface area contributed by atoms with Gasteiger partial charge in [-0.05, 0) is 24.7 Å². The molecule has 1 aliphatic heterocycles. The van der Waals surface area contributed by atoms with Gasteiger partial charge in [-0.15, -0.1) is 0 Å². The second-order valence-corrected chi connectivity index (χ2v) is 6.37. The average molecular weight is 281 g/mol. The topological polar surface area (TPSA) is 30.5 Å². The van der Waals surface area contributed by atoms with Crippen molar-refractivity contribution in [2.45, 2.75) is 37.6 Å². The lowest BCUT2D eigenvalue weighted by atomic mass is 10.1. The van der Waals surface area contributed by atoms with E-state index in [-0.39, 0.29) is 0 Å². The summed E-state index contributed by atoms with van der Waals surface area (Å²) >= 11 is 2.06. The van der Waals surface area contributed by atoms with Crippen molar-refractivity contribution in [1.29, 1.82) is 0 Å². The van der Waals surface area contributed by atoms with Crippen LogP contribution in [0, 0.1) is 0 Å². The zero-order valence-corrected chi connectivity index (χ0v) is 12.8. The zero-order chi connectivity index (χ0) is 13.7. The van der Waals surface area contributed by atoms with Crippen LogP contribution in [0.1, 0.15) is 25.3 Å². The molecule has 2 atom stereocenters. The first-order chi connectivity index (χ1) is 9.24. The molecule has 106 valence electrons. The maximum atomic E-state index is 5.43. The molecule has 0 amide bonds. The van der Waals surface area contributed by atoms with Crippen LogP contribution in [-0.4, -0.2) is 31.3 Å². The van der Waals surface area contributed by atoms with Crippen molar-refractivity contribution >= 4 is 11.8 Å². The van der Waals surface area contributed by atoms with Crippen molar-refractivity contribution in [1.82, 2.24) is 5.32 Å². The number of thioether (sulfide) groups is 1. The molecular weight excluding hydrogens is 258 g/mol. The molecule has 2 unspecified atom stereocenters. The van der Waals surface area contributed by atoms with Crippen molar-refractivity contribution in [3.8, 4) is 11.5 Å². The maximum absolute atomic E-state index is 5.43. The smallest absolute Gasteiger partial charge is 0.127 e. The highest BCUT2D eigenvalue weighted by Crippen LogP contribution is 2.27. The van der Waals surface area contributed by atoms with Crippen molar-refractivity contribution in [2.24, 2.45) is 0 Å². The lowest BCUT2D eigenvalue weighted by Crippen LogP contribution is -2.38. The van der Waals surface area contributed by atoms with Crippen LogP contribution < -0.4 is 14.8 Å². The fourth-order valence-electron chi connectivity index (χ4n) is 2.43. The minimum absolute atomic E-state index is 0.602. The molecule has 1 N–H and O–H groups in total. The van der Waals surface area contributed by atoms with Crippen molar-refractivity contribution in [2.75, 3.05) is 20.0 Å². The van der Waals surface area contributed by atoms with E-state index < -0.39 is 0 Å². The molecule has 0 spiro atoms. The van der Waals surface area contributed by atoms with E-state index in [9.17, 15) is 0 Å². The van der Waals surface area contributed by atoms with Crippen LogP contribution >= 0.6 is 11.8 Å². The molecule has 2 rings (SSSR count). The Kier molecular flexibility index (Phi) is 5.40. The molecule has 0 aliphatic carbocycles. The van der Waals surface area contributed by atoms with Crippen LogP contribution in [0.25, 0.3) is 0 Å². The molecule has 19 heavy (non-hydrogen) atoms. The molecule has 1 aromatic carbocycles. The van der Waals surface area contributed by atoms with Gasteiger partial charge in [0.2, 0.25) is 0 Å². The molecule has 0 radical (unpaired) electrons. The largest absolute Gasteiger partial charge is 0.497 e. The third-order valence-corrected chi connectivity index (χ3v) is 5.03. The monoisotopic (exact) mass is 281 g/mol. The summed E-state index contributed by atoms with van der Waals surface area (Å²) in [6.07, 6.45) is 2.58. The van der Waals surface area contributed by atoms with Crippen LogP contribution in [0.15, 0.2) is 18.2 Å². The number of benzene rings is 1. The number of hydrogen-bond acceptors (Lipinski definition) is 4. The zero-order valence-electron chi connectivity index (χ0n) is 11.9. The summed E-state index contributed by atoms with van der Waals surface area (Å²) in [5.74, 6) is 3.02. The Morgan fingerprint density at radius 1 is 1.32 bits per heavy atom. The van der Waals surface area contributed by atoms with Gasteiger partial charge in [0, 0.05) is 29.5 Å². The summed E-state index contributed by atoms with van der Waals surface area (Å²) in [4.78, 5) is 0. The summed E-state index contributed by atoms with van der Waals surface area (Å²) in [7, 11) is 3.38. The van der Waals surface area contributed by atoms with Crippen LogP contribution in [0.4, 0.5) is 0 Å². The van der Waals surface area contributed by atoms with Gasteiger partial charge in [-0.3, -0.25) is 0 Å². The number of methoxy groups -OCH3 is 2. The fraction of sp³-hybridized carbons (Fsp3) is 0.600. The van der Waals surface area contributed by atoms with Gasteiger partial charge in [0.25, 0.3) is 0 Å². The van der Waals surface area contributed by atoms with E-state index in [1.807, 2.05) is 12.1 Å². The highest BCUT2D eigenvalue weighted by Gasteiger charge is 2.21. The third-order valence-electron chi connectivity index (χ3n) is 3.66. The molecule has 3 nitrogen and oxygen atoms in total. The first-order valence-electron chi connectivity index (χ1n) is 6.80. The van der Waals surface area contributed by atoms with Crippen molar-refractivity contribution in [3.63, 3.8) is 0 Å². The number of hydrogen-bond donors (Lipinski definition) is 1. The van der Waals surface area contributed by atoms with Crippen LogP contribution in [0.2, 0.25) is 0 Å². The van der Waals surface area contributed by atoms with Gasteiger partial charge < -0.3 is 14.8 Å². The molecule has 4 heteroatoms. The highest BCUT2D eigenvalue weighted by atomic mass is 32.2. The maximum Gasteiger partial charge on any atom is 0.127 e. The van der Waals surface area contributed by atoms with E-state index in [0.29, 0.717) is 11.3 Å². The molecule has 1 aliphatic rings. The predicted octanol–water partition coefficient (Wildman–Crippen LogP) is 3.08. The first-order valence-corrected chi connectivity index (χ1v) is 7.85. The molecular formula is C15H23NO2S. The second-order valence-electron chi connectivity index (χ2n) is 4.88. The number of nitrogens with one attached hydrogen (secondary N) is 1. The fourth-order valence-corrected chi connectivity index (χ4v) is 3.60. The van der Waals surface area contributed by atoms with Crippen molar-refractivity contribution < 1.29 is 9.47 Å². The Bertz CT molecular complexity index is 411. The SMILES string of the molecule is COc1ccc(CNC2CCCSC2C)c(OC)c1. The second kappa shape index (κ2) is 7.06. The summed E-state index contributed by atoms with van der Waals surface area (Å²) in [6.45, 7) is 3.16. The Hall–Kier alpha value is -0.870. The summed E-state index contributed by atoms with van der Waals surface area (Å²) in [5.41, 5.74) is 1.19. The van der Waals surface area contributed by atoms with Gasteiger partial charge in [0.15, 0.2) is 0 Å². The lowest BCUT2D eigenvalue weighted by molar-refractivity contribution is 0.386. The predicted molar refractivity (Wildman–Crippen MR) is 81.3 cm³/mol. The van der Waals surface area contributed by atoms with Gasteiger partial charge in [-0.1, -0.05) is 13.0 Å². The molecule has 1 saturated heterocycles. The van der Waals surface area contributed by atoms with E-state index in [1.165, 1.54) is 24.2 Å². The van der Waals surface area contributed by atoms with Crippen molar-refractivity contribution in [3.05, 3.63) is 23.8 Å². The van der Waals surface area contributed by atoms with Crippen LogP contribution in [-0.2, 0) is 6.54 Å². The lowest BCUT2D eigenvalue weighted by Gasteiger charge is -2.29. The number of ether oxygens (including phenoxy) is 2. The van der Waals surface area contributed by atoms with Gasteiger partial charge in [0.05, 0.1) is 14.2 Å². The van der Waals surface area contributed by atoms with Gasteiger partial charge in [-0.25, -0.2) is 0 Å². The molecule has 0 saturated carbocycles. The standard InChI is InChI=1S/C15H23NO2S/c1-11-14(5-4-8-19-11)16-10-12-6-7-13(17-2)9-15(12)18-3/h6-7,9,11,14,16H,4-5,8,10H2,1-3H3. The molecule has 1 aromatic rings. The third kappa shape index (κ3) is 3.80. The normalized spacial score (nSPS) is 23.1. The van der Waals surface area contributed by atoms with E-state index in [4.69, 9.17) is 9.47 Å². The van der Waals surface area contributed by atoms with E-state index in [1.54, 1.807) is 14.2 Å². The van der Waals surface area contributed by atoms with Crippen LogP contribution in [0.3, 0.4) is 0 Å². The molecule has 0 bridgehead atoms. The van der Waals surface area contributed by atoms with E-state index >= 15 is 0 Å². The number of rotatable bonds is 5. The molecule has 0 aromatic heterocycles. The Labute approximate surface area is 120 Å². The Morgan fingerprint density at radius 2 is 2.16 bits per heavy atom. The van der Waals surface area contributed by atoms with Gasteiger partial charge in [-0.2, -0.15) is 11.8 Å². The van der Waals surface area contributed by atoms with E-state index in [0.717, 1.165) is 18.0 Å². The highest BCUT2D eigenvalue weighted by molar-refractivity contribution is 7.99. The molecule has 1 heterocycles. The summed E-state index contributed by atoms with van der Waals surface area (Å²) in [6, 6.07) is 6.60. The minimum Gasteiger partial charge on any atom is -0.497 e. The van der Waals surface area contributed by atoms with E-state index in [2.05, 4.69) is 30.1 Å². The van der Waals surface area contributed by atoms with Gasteiger partial charge in [0.1, 0.15) is 11.5 Å². The Morgan fingerprint density at radius 3 is 2.84 bits per heavy atom. The summed E-state index contributed by atoms with van der Waals surface area (Å²) in [5, 5.41) is 4.35. The Balaban J connectivity index is 1.98.